The number of benzene rings is 2. The van der Waals surface area contributed by atoms with Crippen LogP contribution >= 0.6 is 0 Å². The van der Waals surface area contributed by atoms with E-state index >= 15 is 0 Å². The average Bonchev–Trinajstić information content (AvgIpc) is 2.70. The maximum Gasteiger partial charge on any atom is 0.338 e. The summed E-state index contributed by atoms with van der Waals surface area (Å²) in [6.07, 6.45) is 1.40. The van der Waals surface area contributed by atoms with Crippen LogP contribution in [0.4, 0.5) is 4.39 Å². The smallest absolute Gasteiger partial charge is 0.338 e. The Hall–Kier alpha value is -3.04. The van der Waals surface area contributed by atoms with E-state index in [0.717, 1.165) is 0 Å². The first-order chi connectivity index (χ1) is 13.3. The Morgan fingerprint density at radius 3 is 2.43 bits per heavy atom. The highest BCUT2D eigenvalue weighted by Gasteiger charge is 2.15. The number of nitrogens with one attached hydrogen (secondary N) is 2. The van der Waals surface area contributed by atoms with Gasteiger partial charge in [-0.25, -0.2) is 22.3 Å². The lowest BCUT2D eigenvalue weighted by molar-refractivity contribution is -0.124. The number of sulfonamides is 1. The molecule has 0 aliphatic carbocycles. The SMILES string of the molecule is C=CCNS(=O)(=O)c1ccc(C(=O)OCC(=O)NCc2ccccc2F)cc1. The number of hydrogen-bond acceptors (Lipinski definition) is 5. The van der Waals surface area contributed by atoms with E-state index in [1.807, 2.05) is 0 Å². The third-order valence-electron chi connectivity index (χ3n) is 3.59. The topological polar surface area (TPSA) is 102 Å². The molecule has 9 heteroatoms. The maximum absolute atomic E-state index is 13.5. The maximum atomic E-state index is 13.5. The van der Waals surface area contributed by atoms with E-state index in [4.69, 9.17) is 4.74 Å². The van der Waals surface area contributed by atoms with Crippen molar-refractivity contribution in [1.29, 1.82) is 0 Å². The van der Waals surface area contributed by atoms with Crippen molar-refractivity contribution in [3.05, 3.63) is 78.1 Å². The molecule has 2 aromatic rings. The Kier molecular flexibility index (Phi) is 7.42. The van der Waals surface area contributed by atoms with Crippen LogP contribution in [0.25, 0.3) is 0 Å². The first-order valence-electron chi connectivity index (χ1n) is 8.21. The van der Waals surface area contributed by atoms with Gasteiger partial charge in [0.15, 0.2) is 6.61 Å². The average molecular weight is 406 g/mol. The number of amides is 1. The summed E-state index contributed by atoms with van der Waals surface area (Å²) in [6, 6.07) is 11.0. The Bertz CT molecular complexity index is 959. The Labute approximate surface area is 162 Å². The fourth-order valence-corrected chi connectivity index (χ4v) is 3.12. The Morgan fingerprint density at radius 2 is 1.79 bits per heavy atom. The number of rotatable bonds is 9. The molecule has 0 atom stereocenters. The number of carbonyl (C=O) groups excluding carboxylic acids is 2. The largest absolute Gasteiger partial charge is 0.452 e. The Balaban J connectivity index is 1.86. The van der Waals surface area contributed by atoms with Crippen LogP contribution in [-0.4, -0.2) is 33.4 Å². The van der Waals surface area contributed by atoms with E-state index in [0.29, 0.717) is 5.56 Å². The summed E-state index contributed by atoms with van der Waals surface area (Å²) in [4.78, 5) is 23.7. The second-order valence-electron chi connectivity index (χ2n) is 5.61. The zero-order valence-electron chi connectivity index (χ0n) is 14.9. The number of esters is 1. The van der Waals surface area contributed by atoms with E-state index in [9.17, 15) is 22.4 Å². The van der Waals surface area contributed by atoms with Gasteiger partial charge < -0.3 is 10.1 Å². The molecule has 0 saturated carbocycles. The van der Waals surface area contributed by atoms with Crippen molar-refractivity contribution in [2.24, 2.45) is 0 Å². The molecule has 1 amide bonds. The third kappa shape index (κ3) is 6.00. The van der Waals surface area contributed by atoms with E-state index in [1.165, 1.54) is 48.5 Å². The van der Waals surface area contributed by atoms with E-state index in [2.05, 4.69) is 16.6 Å². The number of carbonyl (C=O) groups is 2. The zero-order valence-corrected chi connectivity index (χ0v) is 15.7. The van der Waals surface area contributed by atoms with Crippen LogP contribution in [0.5, 0.6) is 0 Å². The summed E-state index contributed by atoms with van der Waals surface area (Å²) < 4.78 is 44.5. The molecule has 0 bridgehead atoms. The molecule has 0 aliphatic rings. The molecule has 0 saturated heterocycles. The van der Waals surface area contributed by atoms with Gasteiger partial charge in [0.05, 0.1) is 10.5 Å². The van der Waals surface area contributed by atoms with E-state index < -0.39 is 34.3 Å². The van der Waals surface area contributed by atoms with Crippen molar-refractivity contribution < 1.29 is 27.1 Å². The predicted molar refractivity (Wildman–Crippen MR) is 100 cm³/mol. The summed E-state index contributed by atoms with van der Waals surface area (Å²) >= 11 is 0. The fourth-order valence-electron chi connectivity index (χ4n) is 2.12. The van der Waals surface area contributed by atoms with Gasteiger partial charge in [-0.2, -0.15) is 0 Å². The minimum atomic E-state index is -3.70. The van der Waals surface area contributed by atoms with Gasteiger partial charge in [-0.05, 0) is 30.3 Å². The van der Waals surface area contributed by atoms with Crippen molar-refractivity contribution in [3.8, 4) is 0 Å². The van der Waals surface area contributed by atoms with Gasteiger partial charge >= 0.3 is 5.97 Å². The fraction of sp³-hybridized carbons (Fsp3) is 0.158. The van der Waals surface area contributed by atoms with Gasteiger partial charge in [-0.15, -0.1) is 6.58 Å². The Morgan fingerprint density at radius 1 is 1.11 bits per heavy atom. The summed E-state index contributed by atoms with van der Waals surface area (Å²) in [5.41, 5.74) is 0.397. The molecule has 2 rings (SSSR count). The predicted octanol–water partition coefficient (Wildman–Crippen LogP) is 1.76. The summed E-state index contributed by atoms with van der Waals surface area (Å²) in [5, 5.41) is 2.44. The first kappa shape index (κ1) is 21.3. The second kappa shape index (κ2) is 9.77. The highest BCUT2D eigenvalue weighted by molar-refractivity contribution is 7.89. The van der Waals surface area contributed by atoms with Crippen LogP contribution < -0.4 is 10.0 Å². The minimum Gasteiger partial charge on any atom is -0.452 e. The van der Waals surface area contributed by atoms with Gasteiger partial charge in [-0.1, -0.05) is 24.3 Å². The molecule has 2 aromatic carbocycles. The number of hydrogen-bond donors (Lipinski definition) is 2. The minimum absolute atomic E-state index is 0.0199. The molecule has 0 heterocycles. The number of ether oxygens (including phenoxy) is 1. The van der Waals surface area contributed by atoms with Crippen LogP contribution in [0.1, 0.15) is 15.9 Å². The van der Waals surface area contributed by atoms with Crippen LogP contribution in [0, 0.1) is 5.82 Å². The monoisotopic (exact) mass is 406 g/mol. The van der Waals surface area contributed by atoms with Gasteiger partial charge in [0.25, 0.3) is 5.91 Å². The van der Waals surface area contributed by atoms with Crippen molar-refractivity contribution in [2.75, 3.05) is 13.2 Å². The van der Waals surface area contributed by atoms with Gasteiger partial charge in [-0.3, -0.25) is 4.79 Å². The van der Waals surface area contributed by atoms with Crippen LogP contribution in [-0.2, 0) is 26.1 Å². The van der Waals surface area contributed by atoms with Crippen LogP contribution in [0.2, 0.25) is 0 Å². The van der Waals surface area contributed by atoms with E-state index in [1.54, 1.807) is 6.07 Å². The zero-order chi connectivity index (χ0) is 20.6. The summed E-state index contributed by atoms with van der Waals surface area (Å²) in [6.45, 7) is 2.92. The summed E-state index contributed by atoms with van der Waals surface area (Å²) in [7, 11) is -3.70. The number of halogens is 1. The molecule has 0 fully saturated rings. The van der Waals surface area contributed by atoms with Gasteiger partial charge in [0.1, 0.15) is 5.82 Å². The molecule has 0 aromatic heterocycles. The molecule has 0 radical (unpaired) electrons. The standard InChI is InChI=1S/C19H19FN2O5S/c1-2-11-22-28(25,26)16-9-7-14(8-10-16)19(24)27-13-18(23)21-12-15-5-3-4-6-17(15)20/h2-10,22H,1,11-13H2,(H,21,23). The lowest BCUT2D eigenvalue weighted by Crippen LogP contribution is -2.28. The highest BCUT2D eigenvalue weighted by Crippen LogP contribution is 2.11. The second-order valence-corrected chi connectivity index (χ2v) is 7.38. The molecule has 2 N–H and O–H groups in total. The van der Waals surface area contributed by atoms with E-state index in [-0.39, 0.29) is 23.5 Å². The van der Waals surface area contributed by atoms with Crippen molar-refractivity contribution in [3.63, 3.8) is 0 Å². The quantitative estimate of drug-likeness (QED) is 0.488. The lowest BCUT2D eigenvalue weighted by Gasteiger charge is -2.08. The third-order valence-corrected chi connectivity index (χ3v) is 5.03. The summed E-state index contributed by atoms with van der Waals surface area (Å²) in [5.74, 6) is -1.83. The molecule has 0 spiro atoms. The highest BCUT2D eigenvalue weighted by atomic mass is 32.2. The molecular formula is C19H19FN2O5S. The first-order valence-corrected chi connectivity index (χ1v) is 9.69. The van der Waals surface area contributed by atoms with Crippen LogP contribution in [0.15, 0.2) is 66.1 Å². The molecule has 0 aliphatic heterocycles. The molecule has 28 heavy (non-hydrogen) atoms. The van der Waals surface area contributed by atoms with Crippen molar-refractivity contribution in [2.45, 2.75) is 11.4 Å². The van der Waals surface area contributed by atoms with Gasteiger partial charge in [0.2, 0.25) is 10.0 Å². The molecule has 7 nitrogen and oxygen atoms in total. The van der Waals surface area contributed by atoms with Crippen LogP contribution in [0.3, 0.4) is 0 Å². The molecule has 148 valence electrons. The molecule has 0 unspecified atom stereocenters. The normalized spacial score (nSPS) is 10.9. The van der Waals surface area contributed by atoms with Gasteiger partial charge in [0, 0.05) is 18.7 Å². The molecular weight excluding hydrogens is 387 g/mol. The van der Waals surface area contributed by atoms with Crippen molar-refractivity contribution >= 4 is 21.9 Å². The van der Waals surface area contributed by atoms with Crippen molar-refractivity contribution in [1.82, 2.24) is 10.0 Å². The lowest BCUT2D eigenvalue weighted by atomic mass is 10.2.